The number of hydrogen-bond acceptors (Lipinski definition) is 12. The number of benzene rings is 1. The maximum Gasteiger partial charge on any atom is 0.408 e. The standard InChI is InChI=1S/C24H28N8O8S2/c1-24(2,3)40-23(39)27-15(11-4-6-13(33)7-5-11)18(35)26-16-19(36)32-17(21(37)38)12(9-41-20(16)32)10-42-22-28-29-30-31(22)8-14(25)34/h4-7,15-16,20,33H,8-10H2,1-3H3,(H2,25,34)(H,26,35)(H,27,39)(H,37,38)/t15?,16?,20-/m1/s1. The fourth-order valence-corrected chi connectivity index (χ4v) is 6.48. The highest BCUT2D eigenvalue weighted by molar-refractivity contribution is 8.01. The number of carbonyl (C=O) groups excluding carboxylic acids is 4. The van der Waals surface area contributed by atoms with Gasteiger partial charge < -0.3 is 31.3 Å². The predicted molar refractivity (Wildman–Crippen MR) is 148 cm³/mol. The van der Waals surface area contributed by atoms with Gasteiger partial charge in [0.2, 0.25) is 17.0 Å². The molecule has 0 saturated carbocycles. The summed E-state index contributed by atoms with van der Waals surface area (Å²) in [5, 5.41) is 35.3. The summed E-state index contributed by atoms with van der Waals surface area (Å²) in [6, 6.07) is 3.23. The van der Waals surface area contributed by atoms with Crippen molar-refractivity contribution in [3.63, 3.8) is 0 Å². The summed E-state index contributed by atoms with van der Waals surface area (Å²) in [6.45, 7) is 4.73. The summed E-state index contributed by atoms with van der Waals surface area (Å²) >= 11 is 2.34. The monoisotopic (exact) mass is 620 g/mol. The minimum atomic E-state index is -1.32. The molecule has 1 aromatic heterocycles. The minimum Gasteiger partial charge on any atom is -0.508 e. The number of carbonyl (C=O) groups is 5. The molecular weight excluding hydrogens is 592 g/mol. The number of alkyl carbamates (subject to hydrolysis) is 1. The van der Waals surface area contributed by atoms with Crippen LogP contribution in [0.5, 0.6) is 5.75 Å². The first-order valence-electron chi connectivity index (χ1n) is 12.4. The lowest BCUT2D eigenvalue weighted by Gasteiger charge is -2.49. The Balaban J connectivity index is 1.49. The number of nitrogens with one attached hydrogen (secondary N) is 2. The Morgan fingerprint density at radius 3 is 2.55 bits per heavy atom. The van der Waals surface area contributed by atoms with Crippen molar-refractivity contribution in [1.29, 1.82) is 0 Å². The number of tetrazole rings is 1. The number of carboxylic acids is 1. The third-order valence-electron chi connectivity index (χ3n) is 5.88. The molecule has 2 aliphatic rings. The number of phenols is 1. The van der Waals surface area contributed by atoms with Crippen LogP contribution in [0.1, 0.15) is 32.4 Å². The number of thioether (sulfide) groups is 2. The lowest BCUT2D eigenvalue weighted by molar-refractivity contribution is -0.151. The normalized spacial score (nSPS) is 18.9. The van der Waals surface area contributed by atoms with E-state index in [9.17, 15) is 34.2 Å². The van der Waals surface area contributed by atoms with E-state index in [1.54, 1.807) is 20.8 Å². The van der Waals surface area contributed by atoms with Gasteiger partial charge in [-0.2, -0.15) is 0 Å². The summed E-state index contributed by atoms with van der Waals surface area (Å²) in [7, 11) is 0. The van der Waals surface area contributed by atoms with Gasteiger partial charge in [-0.05, 0) is 54.5 Å². The summed E-state index contributed by atoms with van der Waals surface area (Å²) in [5.41, 5.74) is 4.89. The zero-order valence-electron chi connectivity index (χ0n) is 22.6. The van der Waals surface area contributed by atoms with Crippen molar-refractivity contribution in [3.8, 4) is 5.75 Å². The Morgan fingerprint density at radius 2 is 1.93 bits per heavy atom. The second-order valence-corrected chi connectivity index (χ2v) is 12.2. The number of fused-ring (bicyclic) bond motifs is 1. The van der Waals surface area contributed by atoms with Crippen molar-refractivity contribution in [2.75, 3.05) is 11.5 Å². The third kappa shape index (κ3) is 6.93. The van der Waals surface area contributed by atoms with Crippen LogP contribution in [-0.2, 0) is 30.5 Å². The molecule has 2 aliphatic heterocycles. The van der Waals surface area contributed by atoms with Gasteiger partial charge >= 0.3 is 12.1 Å². The molecule has 3 atom stereocenters. The maximum atomic E-state index is 13.4. The number of nitrogens with zero attached hydrogens (tertiary/aromatic N) is 5. The van der Waals surface area contributed by atoms with E-state index >= 15 is 0 Å². The molecule has 4 amide bonds. The number of phenolic OH excluding ortho intramolecular Hbond substituents is 1. The Kier molecular flexibility index (Phi) is 8.95. The molecule has 1 saturated heterocycles. The minimum absolute atomic E-state index is 0.0510. The quantitative estimate of drug-likeness (QED) is 0.174. The van der Waals surface area contributed by atoms with Crippen molar-refractivity contribution < 1.29 is 38.9 Å². The van der Waals surface area contributed by atoms with Gasteiger partial charge in [0, 0.05) is 11.5 Å². The van der Waals surface area contributed by atoms with Crippen LogP contribution in [0.3, 0.4) is 0 Å². The first kappa shape index (κ1) is 30.6. The second kappa shape index (κ2) is 12.3. The average Bonchev–Trinajstić information content (AvgIpc) is 3.33. The molecule has 2 unspecified atom stereocenters. The van der Waals surface area contributed by atoms with Gasteiger partial charge in [-0.1, -0.05) is 23.9 Å². The average molecular weight is 621 g/mol. The molecule has 42 heavy (non-hydrogen) atoms. The molecule has 6 N–H and O–H groups in total. The lowest BCUT2D eigenvalue weighted by atomic mass is 10.0. The van der Waals surface area contributed by atoms with E-state index in [-0.39, 0.29) is 34.7 Å². The predicted octanol–water partition coefficient (Wildman–Crippen LogP) is -0.0393. The van der Waals surface area contributed by atoms with E-state index in [0.717, 1.165) is 16.7 Å². The van der Waals surface area contributed by atoms with Crippen molar-refractivity contribution in [3.05, 3.63) is 41.1 Å². The zero-order chi connectivity index (χ0) is 30.8. The van der Waals surface area contributed by atoms with E-state index in [4.69, 9.17) is 10.5 Å². The van der Waals surface area contributed by atoms with Gasteiger partial charge in [-0.15, -0.1) is 16.9 Å². The molecule has 3 heterocycles. The number of aromatic hydroxyl groups is 1. The summed E-state index contributed by atoms with van der Waals surface area (Å²) in [6.07, 6.45) is -0.871. The molecule has 16 nitrogen and oxygen atoms in total. The molecule has 4 rings (SSSR count). The van der Waals surface area contributed by atoms with Crippen molar-refractivity contribution in [2.45, 2.75) is 55.5 Å². The van der Waals surface area contributed by atoms with Crippen LogP contribution < -0.4 is 16.4 Å². The number of amides is 4. The molecule has 0 bridgehead atoms. The summed E-state index contributed by atoms with van der Waals surface area (Å²) in [5.74, 6) is -3.05. The van der Waals surface area contributed by atoms with Crippen LogP contribution in [0, 0.1) is 0 Å². The zero-order valence-corrected chi connectivity index (χ0v) is 24.3. The molecule has 2 aromatic rings. The van der Waals surface area contributed by atoms with E-state index in [2.05, 4.69) is 26.2 Å². The number of nitrogens with two attached hydrogens (primary N) is 1. The number of aliphatic carboxylic acids is 1. The topological polar surface area (TPSA) is 232 Å². The molecule has 224 valence electrons. The van der Waals surface area contributed by atoms with E-state index in [0.29, 0.717) is 11.1 Å². The van der Waals surface area contributed by atoms with E-state index < -0.39 is 52.8 Å². The molecule has 0 spiro atoms. The van der Waals surface area contributed by atoms with Crippen molar-refractivity contribution in [2.24, 2.45) is 5.73 Å². The van der Waals surface area contributed by atoms with Crippen LogP contribution >= 0.6 is 23.5 Å². The van der Waals surface area contributed by atoms with Gasteiger partial charge in [0.25, 0.3) is 5.91 Å². The van der Waals surface area contributed by atoms with E-state index in [1.807, 2.05) is 0 Å². The Hall–Kier alpha value is -4.32. The first-order chi connectivity index (χ1) is 19.7. The molecule has 18 heteroatoms. The van der Waals surface area contributed by atoms with Crippen LogP contribution in [0.4, 0.5) is 4.79 Å². The second-order valence-electron chi connectivity index (χ2n) is 10.2. The van der Waals surface area contributed by atoms with E-state index in [1.165, 1.54) is 40.7 Å². The van der Waals surface area contributed by atoms with Gasteiger partial charge in [0.1, 0.15) is 41.0 Å². The molecule has 0 aliphatic carbocycles. The molecule has 1 aromatic carbocycles. The van der Waals surface area contributed by atoms with Crippen LogP contribution in [0.2, 0.25) is 0 Å². The molecular formula is C24H28N8O8S2. The fourth-order valence-electron chi connectivity index (χ4n) is 4.12. The number of aromatic nitrogens is 4. The van der Waals surface area contributed by atoms with Crippen LogP contribution in [0.15, 0.2) is 40.7 Å². The van der Waals surface area contributed by atoms with Crippen LogP contribution in [-0.4, -0.2) is 93.6 Å². The van der Waals surface area contributed by atoms with Gasteiger partial charge in [-0.3, -0.25) is 19.3 Å². The summed E-state index contributed by atoms with van der Waals surface area (Å²) in [4.78, 5) is 63.6. The smallest absolute Gasteiger partial charge is 0.408 e. The SMILES string of the molecule is CC(C)(C)OC(=O)NC(C(=O)NC1C(=O)N2C(C(=O)O)=C(CSc3nnnn3CC(N)=O)CS[C@H]12)c1ccc(O)cc1. The number of ether oxygens (including phenoxy) is 1. The highest BCUT2D eigenvalue weighted by atomic mass is 32.2. The number of β-lactam (4-membered cyclic amide) rings is 1. The third-order valence-corrected chi connectivity index (χ3v) is 8.26. The summed E-state index contributed by atoms with van der Waals surface area (Å²) < 4.78 is 6.46. The Morgan fingerprint density at radius 1 is 1.24 bits per heavy atom. The number of carboxylic acid groups (broad SMARTS) is 1. The Bertz CT molecular complexity index is 1440. The molecule has 1 fully saturated rings. The van der Waals surface area contributed by atoms with Crippen LogP contribution in [0.25, 0.3) is 0 Å². The fraction of sp³-hybridized carbons (Fsp3) is 0.417. The first-order valence-corrected chi connectivity index (χ1v) is 14.4. The number of rotatable bonds is 10. The lowest BCUT2D eigenvalue weighted by Crippen LogP contribution is -2.71. The largest absolute Gasteiger partial charge is 0.508 e. The van der Waals surface area contributed by atoms with Gasteiger partial charge in [0.05, 0.1) is 0 Å². The highest BCUT2D eigenvalue weighted by Crippen LogP contribution is 2.41. The number of hydrogen-bond donors (Lipinski definition) is 5. The van der Waals surface area contributed by atoms with Gasteiger partial charge in [-0.25, -0.2) is 14.3 Å². The Labute approximate surface area is 247 Å². The van der Waals surface area contributed by atoms with Crippen molar-refractivity contribution in [1.82, 2.24) is 35.7 Å². The van der Waals surface area contributed by atoms with Crippen molar-refractivity contribution >= 4 is 53.3 Å². The number of primary amides is 1. The highest BCUT2D eigenvalue weighted by Gasteiger charge is 2.54. The molecule has 0 radical (unpaired) electrons. The maximum absolute atomic E-state index is 13.4. The van der Waals surface area contributed by atoms with Gasteiger partial charge in [0.15, 0.2) is 0 Å².